The van der Waals surface area contributed by atoms with Crippen LogP contribution in [0.15, 0.2) is 53.6 Å². The van der Waals surface area contributed by atoms with E-state index >= 15 is 0 Å². The van der Waals surface area contributed by atoms with E-state index in [9.17, 15) is 17.6 Å². The average Bonchev–Trinajstić information content (AvgIpc) is 3.05. The van der Waals surface area contributed by atoms with Gasteiger partial charge in [0.05, 0.1) is 18.0 Å². The van der Waals surface area contributed by atoms with E-state index < -0.39 is 15.4 Å². The van der Waals surface area contributed by atoms with Gasteiger partial charge < -0.3 is 0 Å². The number of hydrazone groups is 1. The van der Waals surface area contributed by atoms with Gasteiger partial charge in [-0.2, -0.15) is 5.10 Å². The summed E-state index contributed by atoms with van der Waals surface area (Å²) in [5.74, 6) is -0.465. The van der Waals surface area contributed by atoms with Crippen LogP contribution in [0.2, 0.25) is 0 Å². The fraction of sp³-hybridized carbons (Fsp3) is 0.333. The standard InChI is InChI=1S/C21H24FN3O3S/c1-21(2,3)20(26)25-19(15-5-9-16(22)10-6-15)13-18(23-25)14-7-11-17(12-8-14)24-29(4,27)28/h5-12,19,24H,13H2,1-4H3. The Morgan fingerprint density at radius 3 is 2.21 bits per heavy atom. The van der Waals surface area contributed by atoms with Gasteiger partial charge in [0.25, 0.3) is 0 Å². The molecule has 2 aromatic carbocycles. The van der Waals surface area contributed by atoms with Gasteiger partial charge in [0.1, 0.15) is 5.82 Å². The summed E-state index contributed by atoms with van der Waals surface area (Å²) in [5.41, 5.74) is 2.13. The Morgan fingerprint density at radius 1 is 1.10 bits per heavy atom. The van der Waals surface area contributed by atoms with Crippen LogP contribution >= 0.6 is 0 Å². The van der Waals surface area contributed by atoms with Gasteiger partial charge in [-0.15, -0.1) is 0 Å². The van der Waals surface area contributed by atoms with Crippen LogP contribution in [0.25, 0.3) is 0 Å². The molecule has 29 heavy (non-hydrogen) atoms. The third kappa shape index (κ3) is 5.00. The molecule has 0 aliphatic carbocycles. The van der Waals surface area contributed by atoms with E-state index in [0.717, 1.165) is 17.4 Å². The third-order valence-corrected chi connectivity index (χ3v) is 5.14. The molecule has 1 N–H and O–H groups in total. The molecular formula is C21H24FN3O3S. The highest BCUT2D eigenvalue weighted by Crippen LogP contribution is 2.36. The lowest BCUT2D eigenvalue weighted by atomic mass is 9.93. The van der Waals surface area contributed by atoms with E-state index in [0.29, 0.717) is 17.8 Å². The van der Waals surface area contributed by atoms with Crippen molar-refractivity contribution in [3.63, 3.8) is 0 Å². The smallest absolute Gasteiger partial charge is 0.248 e. The van der Waals surface area contributed by atoms with Crippen molar-refractivity contribution in [3.8, 4) is 0 Å². The Morgan fingerprint density at radius 2 is 1.69 bits per heavy atom. The number of hydrogen-bond donors (Lipinski definition) is 1. The Hall–Kier alpha value is -2.74. The molecule has 2 aromatic rings. The molecule has 154 valence electrons. The molecule has 1 amide bonds. The minimum Gasteiger partial charge on any atom is -0.284 e. The average molecular weight is 418 g/mol. The second-order valence-electron chi connectivity index (χ2n) is 8.17. The van der Waals surface area contributed by atoms with E-state index in [1.165, 1.54) is 17.1 Å². The second kappa shape index (κ2) is 7.59. The number of carbonyl (C=O) groups excluding carboxylic acids is 1. The molecule has 1 heterocycles. The predicted octanol–water partition coefficient (Wildman–Crippen LogP) is 3.92. The zero-order chi connectivity index (χ0) is 21.4. The summed E-state index contributed by atoms with van der Waals surface area (Å²) >= 11 is 0. The number of nitrogens with one attached hydrogen (secondary N) is 1. The van der Waals surface area contributed by atoms with E-state index in [1.807, 2.05) is 20.8 Å². The molecule has 0 fully saturated rings. The van der Waals surface area contributed by atoms with Crippen LogP contribution < -0.4 is 4.72 Å². The number of halogens is 1. The quantitative estimate of drug-likeness (QED) is 0.819. The van der Waals surface area contributed by atoms with E-state index in [-0.39, 0.29) is 17.8 Å². The van der Waals surface area contributed by atoms with Crippen molar-refractivity contribution in [2.24, 2.45) is 10.5 Å². The Bertz CT molecular complexity index is 1040. The summed E-state index contributed by atoms with van der Waals surface area (Å²) in [6.07, 6.45) is 1.57. The summed E-state index contributed by atoms with van der Waals surface area (Å²) < 4.78 is 38.5. The van der Waals surface area contributed by atoms with Crippen molar-refractivity contribution in [3.05, 3.63) is 65.5 Å². The predicted molar refractivity (Wildman–Crippen MR) is 112 cm³/mol. The van der Waals surface area contributed by atoms with Crippen molar-refractivity contribution < 1.29 is 17.6 Å². The van der Waals surface area contributed by atoms with Crippen LogP contribution in [0.5, 0.6) is 0 Å². The number of sulfonamides is 1. The largest absolute Gasteiger partial charge is 0.284 e. The molecule has 0 aromatic heterocycles. The summed E-state index contributed by atoms with van der Waals surface area (Å²) in [7, 11) is -3.36. The lowest BCUT2D eigenvalue weighted by Crippen LogP contribution is -2.36. The van der Waals surface area contributed by atoms with Crippen molar-refractivity contribution in [1.82, 2.24) is 5.01 Å². The van der Waals surface area contributed by atoms with E-state index in [2.05, 4.69) is 9.82 Å². The van der Waals surface area contributed by atoms with Gasteiger partial charge in [0.2, 0.25) is 15.9 Å². The third-order valence-electron chi connectivity index (χ3n) is 4.54. The van der Waals surface area contributed by atoms with Gasteiger partial charge in [-0.05, 0) is 35.4 Å². The zero-order valence-corrected chi connectivity index (χ0v) is 17.6. The Balaban J connectivity index is 1.93. The maximum Gasteiger partial charge on any atom is 0.248 e. The number of hydrogen-bond acceptors (Lipinski definition) is 4. The first-order valence-electron chi connectivity index (χ1n) is 9.19. The van der Waals surface area contributed by atoms with Crippen molar-refractivity contribution in [2.45, 2.75) is 33.2 Å². The molecule has 1 atom stereocenters. The van der Waals surface area contributed by atoms with Crippen LogP contribution in [0, 0.1) is 11.2 Å². The fourth-order valence-electron chi connectivity index (χ4n) is 3.11. The highest BCUT2D eigenvalue weighted by Gasteiger charge is 2.37. The number of carbonyl (C=O) groups is 1. The first-order valence-corrected chi connectivity index (χ1v) is 11.1. The number of nitrogens with zero attached hydrogens (tertiary/aromatic N) is 2. The number of benzene rings is 2. The minimum atomic E-state index is -3.36. The summed E-state index contributed by atoms with van der Waals surface area (Å²) in [4.78, 5) is 13.0. The van der Waals surface area contributed by atoms with E-state index in [4.69, 9.17) is 0 Å². The molecule has 8 heteroatoms. The normalized spacial score (nSPS) is 17.2. The zero-order valence-electron chi connectivity index (χ0n) is 16.8. The molecule has 1 aliphatic rings. The van der Waals surface area contributed by atoms with Crippen molar-refractivity contribution in [1.29, 1.82) is 0 Å². The summed E-state index contributed by atoms with van der Waals surface area (Å²) in [5, 5.41) is 6.05. The first kappa shape index (κ1) is 21.0. The Labute approximate surface area is 170 Å². The Kier molecular flexibility index (Phi) is 5.49. The van der Waals surface area contributed by atoms with Gasteiger partial charge >= 0.3 is 0 Å². The van der Waals surface area contributed by atoms with Crippen LogP contribution in [0.3, 0.4) is 0 Å². The van der Waals surface area contributed by atoms with Crippen LogP contribution in [-0.4, -0.2) is 31.3 Å². The highest BCUT2D eigenvalue weighted by molar-refractivity contribution is 7.92. The fourth-order valence-corrected chi connectivity index (χ4v) is 3.67. The van der Waals surface area contributed by atoms with Crippen LogP contribution in [-0.2, 0) is 14.8 Å². The van der Waals surface area contributed by atoms with E-state index in [1.54, 1.807) is 36.4 Å². The van der Waals surface area contributed by atoms with Gasteiger partial charge in [-0.25, -0.2) is 17.8 Å². The molecule has 6 nitrogen and oxygen atoms in total. The monoisotopic (exact) mass is 417 g/mol. The lowest BCUT2D eigenvalue weighted by molar-refractivity contribution is -0.141. The maximum atomic E-state index is 13.4. The van der Waals surface area contributed by atoms with Gasteiger partial charge in [0, 0.05) is 17.5 Å². The van der Waals surface area contributed by atoms with Crippen LogP contribution in [0.4, 0.5) is 10.1 Å². The second-order valence-corrected chi connectivity index (χ2v) is 9.92. The lowest BCUT2D eigenvalue weighted by Gasteiger charge is -2.28. The van der Waals surface area contributed by atoms with Crippen molar-refractivity contribution >= 4 is 27.3 Å². The number of amides is 1. The summed E-state index contributed by atoms with van der Waals surface area (Å²) in [6, 6.07) is 12.6. The van der Waals surface area contributed by atoms with Gasteiger partial charge in [0.15, 0.2) is 0 Å². The molecule has 0 bridgehead atoms. The minimum absolute atomic E-state index is 0.128. The molecule has 0 saturated carbocycles. The van der Waals surface area contributed by atoms with Gasteiger partial charge in [-0.1, -0.05) is 45.0 Å². The maximum absolute atomic E-state index is 13.4. The molecular weight excluding hydrogens is 393 g/mol. The molecule has 1 unspecified atom stereocenters. The first-order chi connectivity index (χ1) is 13.4. The summed E-state index contributed by atoms with van der Waals surface area (Å²) in [6.45, 7) is 5.49. The topological polar surface area (TPSA) is 78.8 Å². The molecule has 0 radical (unpaired) electrons. The number of anilines is 1. The van der Waals surface area contributed by atoms with Gasteiger partial charge in [-0.3, -0.25) is 9.52 Å². The van der Waals surface area contributed by atoms with Crippen molar-refractivity contribution in [2.75, 3.05) is 11.0 Å². The molecule has 3 rings (SSSR count). The highest BCUT2D eigenvalue weighted by atomic mass is 32.2. The molecule has 1 aliphatic heterocycles. The SMILES string of the molecule is CC(C)(C)C(=O)N1N=C(c2ccc(NS(C)(=O)=O)cc2)CC1c1ccc(F)cc1. The molecule has 0 saturated heterocycles. The molecule has 0 spiro atoms. The van der Waals surface area contributed by atoms with Crippen LogP contribution in [0.1, 0.15) is 44.4 Å². The number of rotatable bonds is 4.